The number of benzene rings is 1. The van der Waals surface area contributed by atoms with Gasteiger partial charge >= 0.3 is 0 Å². The highest BCUT2D eigenvalue weighted by molar-refractivity contribution is 9.10. The average molecular weight is 333 g/mol. The fraction of sp³-hybridized carbons (Fsp3) is 0.143. The third-order valence-electron chi connectivity index (χ3n) is 3.14. The van der Waals surface area contributed by atoms with E-state index in [1.165, 1.54) is 0 Å². The third-order valence-corrected chi connectivity index (χ3v) is 3.57. The fourth-order valence-corrected chi connectivity index (χ4v) is 2.60. The molecule has 3 aromatic rings. The van der Waals surface area contributed by atoms with Crippen LogP contribution in [-0.2, 0) is 6.54 Å². The van der Waals surface area contributed by atoms with E-state index in [-0.39, 0.29) is 5.91 Å². The van der Waals surface area contributed by atoms with Crippen LogP contribution in [0.15, 0.2) is 41.1 Å². The molecule has 0 spiro atoms. The Labute approximate surface area is 124 Å². The zero-order chi connectivity index (χ0) is 14.1. The van der Waals surface area contributed by atoms with Gasteiger partial charge < -0.3 is 9.88 Å². The molecule has 20 heavy (non-hydrogen) atoms. The van der Waals surface area contributed by atoms with Crippen molar-refractivity contribution in [3.8, 4) is 0 Å². The van der Waals surface area contributed by atoms with Crippen molar-refractivity contribution in [1.29, 1.82) is 0 Å². The minimum Gasteiger partial charge on any atom is -0.343 e. The Morgan fingerprint density at radius 3 is 3.10 bits per heavy atom. The number of aryl methyl sites for hydroxylation is 1. The van der Waals surface area contributed by atoms with Gasteiger partial charge in [0.05, 0.1) is 11.7 Å². The van der Waals surface area contributed by atoms with Crippen LogP contribution in [0.25, 0.3) is 10.9 Å². The van der Waals surface area contributed by atoms with E-state index in [4.69, 9.17) is 0 Å². The topological polar surface area (TPSA) is 62.7 Å². The molecule has 0 radical (unpaired) electrons. The number of nitrogens with zero attached hydrogens (tertiary/aromatic N) is 2. The van der Waals surface area contributed by atoms with E-state index in [1.807, 2.05) is 42.0 Å². The molecule has 0 bridgehead atoms. The molecule has 0 aliphatic heterocycles. The molecule has 2 aromatic heterocycles. The van der Waals surface area contributed by atoms with E-state index in [0.29, 0.717) is 5.69 Å². The summed E-state index contributed by atoms with van der Waals surface area (Å²) in [4.78, 5) is 12.3. The van der Waals surface area contributed by atoms with Gasteiger partial charge in [-0.2, -0.15) is 5.10 Å². The molecule has 0 saturated heterocycles. The van der Waals surface area contributed by atoms with Gasteiger partial charge in [-0.3, -0.25) is 9.89 Å². The number of hydrogen-bond acceptors (Lipinski definition) is 2. The lowest BCUT2D eigenvalue weighted by Gasteiger charge is -2.07. The molecule has 5 nitrogen and oxygen atoms in total. The fourth-order valence-electron chi connectivity index (χ4n) is 2.14. The lowest BCUT2D eigenvalue weighted by molar-refractivity contribution is 0.101. The summed E-state index contributed by atoms with van der Waals surface area (Å²) in [7, 11) is 0. The molecule has 0 saturated carbocycles. The molecule has 2 heterocycles. The number of aromatic nitrogens is 3. The van der Waals surface area contributed by atoms with Gasteiger partial charge in [-0.25, -0.2) is 0 Å². The first kappa shape index (κ1) is 12.9. The predicted octanol–water partition coefficient (Wildman–Crippen LogP) is 3.40. The predicted molar refractivity (Wildman–Crippen MR) is 81.9 cm³/mol. The number of anilines is 1. The first-order valence-corrected chi connectivity index (χ1v) is 7.07. The van der Waals surface area contributed by atoms with Crippen molar-refractivity contribution >= 4 is 38.4 Å². The van der Waals surface area contributed by atoms with E-state index >= 15 is 0 Å². The summed E-state index contributed by atoms with van der Waals surface area (Å²) >= 11 is 3.39. The Morgan fingerprint density at radius 1 is 1.45 bits per heavy atom. The first-order valence-electron chi connectivity index (χ1n) is 6.27. The number of H-pyrrole nitrogens is 1. The number of aromatic amines is 1. The number of amides is 1. The molecule has 102 valence electrons. The molecule has 0 unspecified atom stereocenters. The molecule has 3 rings (SSSR count). The van der Waals surface area contributed by atoms with E-state index < -0.39 is 0 Å². The molecule has 2 N–H and O–H groups in total. The highest BCUT2D eigenvalue weighted by atomic mass is 79.9. The second kappa shape index (κ2) is 5.13. The Bertz CT molecular complexity index is 774. The Balaban J connectivity index is 1.87. The Morgan fingerprint density at radius 2 is 2.30 bits per heavy atom. The van der Waals surface area contributed by atoms with E-state index in [9.17, 15) is 4.79 Å². The number of rotatable bonds is 3. The largest absolute Gasteiger partial charge is 0.343 e. The van der Waals surface area contributed by atoms with Gasteiger partial charge in [0.25, 0.3) is 5.91 Å². The maximum atomic E-state index is 12.3. The molecule has 1 amide bonds. The Kier molecular flexibility index (Phi) is 3.31. The van der Waals surface area contributed by atoms with Gasteiger partial charge in [-0.1, -0.05) is 0 Å². The minimum absolute atomic E-state index is 0.128. The van der Waals surface area contributed by atoms with Crippen LogP contribution in [0.2, 0.25) is 0 Å². The highest BCUT2D eigenvalue weighted by Crippen LogP contribution is 2.19. The van der Waals surface area contributed by atoms with Crippen molar-refractivity contribution in [3.05, 3.63) is 46.8 Å². The van der Waals surface area contributed by atoms with Crippen molar-refractivity contribution in [3.63, 3.8) is 0 Å². The first-order chi connectivity index (χ1) is 9.67. The molecule has 6 heteroatoms. The molecule has 0 aliphatic rings. The lowest BCUT2D eigenvalue weighted by atomic mass is 10.2. The van der Waals surface area contributed by atoms with Crippen LogP contribution in [0, 0.1) is 0 Å². The van der Waals surface area contributed by atoms with Gasteiger partial charge in [-0.15, -0.1) is 0 Å². The van der Waals surface area contributed by atoms with Crippen LogP contribution in [0.1, 0.15) is 17.4 Å². The summed E-state index contributed by atoms with van der Waals surface area (Å²) in [6, 6.07) is 7.47. The molecule has 0 fully saturated rings. The number of fused-ring (bicyclic) bond motifs is 1. The number of nitrogens with one attached hydrogen (secondary N) is 2. The summed E-state index contributed by atoms with van der Waals surface area (Å²) in [6.07, 6.45) is 3.65. The van der Waals surface area contributed by atoms with Gasteiger partial charge in [0, 0.05) is 28.3 Å². The summed E-state index contributed by atoms with van der Waals surface area (Å²) in [5, 5.41) is 10.8. The SMILES string of the molecule is CCn1cc(Br)cc1C(=O)Nc1ccc2cn[nH]c2c1. The third kappa shape index (κ3) is 2.34. The van der Waals surface area contributed by atoms with Crippen LogP contribution in [0.4, 0.5) is 5.69 Å². The van der Waals surface area contributed by atoms with Gasteiger partial charge in [0.1, 0.15) is 5.69 Å². The van der Waals surface area contributed by atoms with Crippen LogP contribution in [0.3, 0.4) is 0 Å². The second-order valence-electron chi connectivity index (χ2n) is 4.46. The Hall–Kier alpha value is -2.08. The zero-order valence-electron chi connectivity index (χ0n) is 10.9. The van der Waals surface area contributed by atoms with Crippen LogP contribution >= 0.6 is 15.9 Å². The zero-order valence-corrected chi connectivity index (χ0v) is 12.4. The molecule has 0 atom stereocenters. The standard InChI is InChI=1S/C14H13BrN4O/c1-2-19-8-10(15)5-13(19)14(20)17-11-4-3-9-7-16-18-12(9)6-11/h3-8H,2H2,1H3,(H,16,18)(H,17,20). The highest BCUT2D eigenvalue weighted by Gasteiger charge is 2.12. The van der Waals surface area contributed by atoms with E-state index in [1.54, 1.807) is 6.20 Å². The summed E-state index contributed by atoms with van der Waals surface area (Å²) in [5.41, 5.74) is 2.27. The van der Waals surface area contributed by atoms with Crippen molar-refractivity contribution in [2.75, 3.05) is 5.32 Å². The molecule has 0 aliphatic carbocycles. The van der Waals surface area contributed by atoms with Crippen molar-refractivity contribution in [1.82, 2.24) is 14.8 Å². The number of halogens is 1. The molecule has 1 aromatic carbocycles. The monoisotopic (exact) mass is 332 g/mol. The van der Waals surface area contributed by atoms with Crippen LogP contribution in [0.5, 0.6) is 0 Å². The number of hydrogen-bond donors (Lipinski definition) is 2. The smallest absolute Gasteiger partial charge is 0.272 e. The molecular formula is C14H13BrN4O. The van der Waals surface area contributed by atoms with Crippen LogP contribution < -0.4 is 5.32 Å². The van der Waals surface area contributed by atoms with Crippen molar-refractivity contribution in [2.45, 2.75) is 13.5 Å². The summed E-state index contributed by atoms with van der Waals surface area (Å²) in [5.74, 6) is -0.128. The molecular weight excluding hydrogens is 320 g/mol. The van der Waals surface area contributed by atoms with Crippen LogP contribution in [-0.4, -0.2) is 20.7 Å². The van der Waals surface area contributed by atoms with Gasteiger partial charge in [-0.05, 0) is 47.1 Å². The quantitative estimate of drug-likeness (QED) is 0.772. The summed E-state index contributed by atoms with van der Waals surface area (Å²) < 4.78 is 2.79. The van der Waals surface area contributed by atoms with Crippen molar-refractivity contribution < 1.29 is 4.79 Å². The maximum absolute atomic E-state index is 12.3. The van der Waals surface area contributed by atoms with E-state index in [0.717, 1.165) is 27.6 Å². The lowest BCUT2D eigenvalue weighted by Crippen LogP contribution is -2.16. The summed E-state index contributed by atoms with van der Waals surface area (Å²) in [6.45, 7) is 2.74. The van der Waals surface area contributed by atoms with Crippen molar-refractivity contribution in [2.24, 2.45) is 0 Å². The average Bonchev–Trinajstić information content (AvgIpc) is 3.03. The number of carbonyl (C=O) groups excluding carboxylic acids is 1. The van der Waals surface area contributed by atoms with Gasteiger partial charge in [0.2, 0.25) is 0 Å². The second-order valence-corrected chi connectivity index (χ2v) is 5.37. The normalized spacial score (nSPS) is 10.9. The maximum Gasteiger partial charge on any atom is 0.272 e. The minimum atomic E-state index is -0.128. The number of carbonyl (C=O) groups is 1. The van der Waals surface area contributed by atoms with Gasteiger partial charge in [0.15, 0.2) is 0 Å². The van der Waals surface area contributed by atoms with E-state index in [2.05, 4.69) is 31.4 Å².